The molecule has 1 aromatic carbocycles. The number of nitrogens with one attached hydrogen (secondary N) is 3. The highest BCUT2D eigenvalue weighted by atomic mass is 35.5. The van der Waals surface area contributed by atoms with Crippen molar-refractivity contribution in [3.05, 3.63) is 34.9 Å². The summed E-state index contributed by atoms with van der Waals surface area (Å²) in [6.07, 6.45) is 0. The van der Waals surface area contributed by atoms with Gasteiger partial charge in [-0.25, -0.2) is 0 Å². The van der Waals surface area contributed by atoms with E-state index in [0.29, 0.717) is 0 Å². The third-order valence-electron chi connectivity index (χ3n) is 3.00. The van der Waals surface area contributed by atoms with Gasteiger partial charge in [0, 0.05) is 30.7 Å². The Hall–Kier alpha value is -1.26. The van der Waals surface area contributed by atoms with Gasteiger partial charge in [0.1, 0.15) is 0 Å². The van der Waals surface area contributed by atoms with E-state index >= 15 is 0 Å². The van der Waals surface area contributed by atoms with Crippen molar-refractivity contribution >= 4 is 17.6 Å². The topological polar surface area (TPSA) is 48.5 Å². The number of benzene rings is 1. The summed E-state index contributed by atoms with van der Waals surface area (Å²) in [5.74, 6) is 0.790. The molecular weight excluding hydrogens is 284 g/mol. The summed E-state index contributed by atoms with van der Waals surface area (Å²) in [5, 5.41) is 10.8. The molecular formula is C16H27ClN4. The van der Waals surface area contributed by atoms with Gasteiger partial charge in [0.15, 0.2) is 5.96 Å². The summed E-state index contributed by atoms with van der Waals surface area (Å²) in [4.78, 5) is 4.24. The predicted octanol–water partition coefficient (Wildman–Crippen LogP) is 2.95. The first-order valence-electron chi connectivity index (χ1n) is 7.29. The largest absolute Gasteiger partial charge is 0.355 e. The molecule has 1 aromatic rings. The second kappa shape index (κ2) is 8.25. The minimum atomic E-state index is 0.132. The minimum absolute atomic E-state index is 0.132. The van der Waals surface area contributed by atoms with Gasteiger partial charge in [0.25, 0.3) is 0 Å². The van der Waals surface area contributed by atoms with Crippen molar-refractivity contribution in [1.29, 1.82) is 0 Å². The molecule has 0 heterocycles. The standard InChI is InChI=1S/C16H27ClN4/c1-12(13-7-6-8-14(17)11-13)21-15(18-5)19-9-10-20-16(2,3)4/h6-8,11-12,20H,9-10H2,1-5H3,(H2,18,19,21). The fourth-order valence-electron chi connectivity index (χ4n) is 1.88. The number of halogens is 1. The Morgan fingerprint density at radius 3 is 2.57 bits per heavy atom. The van der Waals surface area contributed by atoms with Crippen LogP contribution in [0.1, 0.15) is 39.3 Å². The highest BCUT2D eigenvalue weighted by Crippen LogP contribution is 2.17. The maximum atomic E-state index is 6.02. The van der Waals surface area contributed by atoms with Crippen LogP contribution in [0.4, 0.5) is 0 Å². The van der Waals surface area contributed by atoms with Crippen LogP contribution >= 0.6 is 11.6 Å². The summed E-state index contributed by atoms with van der Waals surface area (Å²) in [6, 6.07) is 8.00. The predicted molar refractivity (Wildman–Crippen MR) is 92.1 cm³/mol. The van der Waals surface area contributed by atoms with Crippen molar-refractivity contribution in [2.45, 2.75) is 39.3 Å². The maximum absolute atomic E-state index is 6.02. The minimum Gasteiger partial charge on any atom is -0.355 e. The molecule has 0 spiro atoms. The van der Waals surface area contributed by atoms with E-state index in [0.717, 1.165) is 29.6 Å². The first-order chi connectivity index (χ1) is 9.81. The molecule has 0 radical (unpaired) electrons. The second-order valence-electron chi connectivity index (χ2n) is 6.10. The number of hydrogen-bond acceptors (Lipinski definition) is 2. The van der Waals surface area contributed by atoms with Gasteiger partial charge in [-0.3, -0.25) is 4.99 Å². The van der Waals surface area contributed by atoms with E-state index in [-0.39, 0.29) is 11.6 Å². The Bertz CT molecular complexity index is 466. The molecule has 5 heteroatoms. The lowest BCUT2D eigenvalue weighted by Gasteiger charge is -2.22. The summed E-state index contributed by atoms with van der Waals surface area (Å²) in [6.45, 7) is 10.3. The second-order valence-corrected chi connectivity index (χ2v) is 6.53. The van der Waals surface area contributed by atoms with E-state index in [1.807, 2.05) is 18.2 Å². The van der Waals surface area contributed by atoms with Crippen molar-refractivity contribution in [3.8, 4) is 0 Å². The highest BCUT2D eigenvalue weighted by molar-refractivity contribution is 6.30. The molecule has 0 aliphatic heterocycles. The van der Waals surface area contributed by atoms with Gasteiger partial charge >= 0.3 is 0 Å². The Balaban J connectivity index is 2.44. The molecule has 118 valence electrons. The van der Waals surface area contributed by atoms with E-state index < -0.39 is 0 Å². The first kappa shape index (κ1) is 17.8. The summed E-state index contributed by atoms with van der Waals surface area (Å²) in [5.41, 5.74) is 1.27. The molecule has 3 N–H and O–H groups in total. The van der Waals surface area contributed by atoms with E-state index in [1.54, 1.807) is 7.05 Å². The van der Waals surface area contributed by atoms with Gasteiger partial charge in [0.05, 0.1) is 6.04 Å². The number of guanidine groups is 1. The van der Waals surface area contributed by atoms with Gasteiger partial charge in [0.2, 0.25) is 0 Å². The molecule has 1 rings (SSSR count). The zero-order chi connectivity index (χ0) is 15.9. The Morgan fingerprint density at radius 1 is 1.29 bits per heavy atom. The number of nitrogens with zero attached hydrogens (tertiary/aromatic N) is 1. The summed E-state index contributed by atoms with van der Waals surface area (Å²) < 4.78 is 0. The SMILES string of the molecule is CN=C(NCCNC(C)(C)C)NC(C)c1cccc(Cl)c1. The van der Waals surface area contributed by atoms with Crippen LogP contribution in [0, 0.1) is 0 Å². The number of rotatable bonds is 5. The lowest BCUT2D eigenvalue weighted by atomic mass is 10.1. The van der Waals surface area contributed by atoms with Crippen LogP contribution in [0.15, 0.2) is 29.3 Å². The van der Waals surface area contributed by atoms with E-state index in [4.69, 9.17) is 11.6 Å². The monoisotopic (exact) mass is 310 g/mol. The van der Waals surface area contributed by atoms with E-state index in [1.165, 1.54) is 0 Å². The fraction of sp³-hybridized carbons (Fsp3) is 0.562. The molecule has 0 saturated heterocycles. The van der Waals surface area contributed by atoms with Gasteiger partial charge in [-0.2, -0.15) is 0 Å². The van der Waals surface area contributed by atoms with Crippen LogP contribution in [-0.2, 0) is 0 Å². The molecule has 0 saturated carbocycles. The average molecular weight is 311 g/mol. The van der Waals surface area contributed by atoms with Crippen molar-refractivity contribution in [2.24, 2.45) is 4.99 Å². The molecule has 0 aliphatic rings. The third-order valence-corrected chi connectivity index (χ3v) is 3.23. The van der Waals surface area contributed by atoms with Crippen LogP contribution in [-0.4, -0.2) is 31.6 Å². The Morgan fingerprint density at radius 2 is 2.00 bits per heavy atom. The van der Waals surface area contributed by atoms with Crippen molar-refractivity contribution in [1.82, 2.24) is 16.0 Å². The van der Waals surface area contributed by atoms with E-state index in [2.05, 4.69) is 54.7 Å². The van der Waals surface area contributed by atoms with Crippen LogP contribution < -0.4 is 16.0 Å². The fourth-order valence-corrected chi connectivity index (χ4v) is 2.08. The van der Waals surface area contributed by atoms with Crippen molar-refractivity contribution < 1.29 is 0 Å². The smallest absolute Gasteiger partial charge is 0.191 e. The van der Waals surface area contributed by atoms with Crippen LogP contribution in [0.5, 0.6) is 0 Å². The molecule has 1 atom stereocenters. The number of aliphatic imine (C=N–C) groups is 1. The third kappa shape index (κ3) is 7.34. The molecule has 0 bridgehead atoms. The molecule has 0 aliphatic carbocycles. The normalized spacial score (nSPS) is 13.9. The quantitative estimate of drug-likeness (QED) is 0.445. The van der Waals surface area contributed by atoms with Gasteiger partial charge in [-0.15, -0.1) is 0 Å². The molecule has 0 fully saturated rings. The zero-order valence-electron chi connectivity index (χ0n) is 13.6. The Labute approximate surface area is 133 Å². The van der Waals surface area contributed by atoms with Gasteiger partial charge in [-0.05, 0) is 45.4 Å². The average Bonchev–Trinajstić information content (AvgIpc) is 2.40. The first-order valence-corrected chi connectivity index (χ1v) is 7.67. The highest BCUT2D eigenvalue weighted by Gasteiger charge is 2.09. The van der Waals surface area contributed by atoms with Crippen molar-refractivity contribution in [3.63, 3.8) is 0 Å². The molecule has 0 amide bonds. The summed E-state index contributed by atoms with van der Waals surface area (Å²) >= 11 is 6.02. The zero-order valence-corrected chi connectivity index (χ0v) is 14.4. The van der Waals surface area contributed by atoms with Crippen LogP contribution in [0.3, 0.4) is 0 Å². The van der Waals surface area contributed by atoms with E-state index in [9.17, 15) is 0 Å². The lowest BCUT2D eigenvalue weighted by molar-refractivity contribution is 0.428. The van der Waals surface area contributed by atoms with Gasteiger partial charge in [-0.1, -0.05) is 23.7 Å². The molecule has 1 unspecified atom stereocenters. The molecule has 21 heavy (non-hydrogen) atoms. The maximum Gasteiger partial charge on any atom is 0.191 e. The summed E-state index contributed by atoms with van der Waals surface area (Å²) in [7, 11) is 1.78. The van der Waals surface area contributed by atoms with Crippen LogP contribution in [0.25, 0.3) is 0 Å². The molecule has 0 aromatic heterocycles. The number of hydrogen-bond donors (Lipinski definition) is 3. The lowest BCUT2D eigenvalue weighted by Crippen LogP contribution is -2.45. The molecule has 4 nitrogen and oxygen atoms in total. The van der Waals surface area contributed by atoms with Crippen LogP contribution in [0.2, 0.25) is 5.02 Å². The van der Waals surface area contributed by atoms with Gasteiger partial charge < -0.3 is 16.0 Å². The Kier molecular flexibility index (Phi) is 6.99. The van der Waals surface area contributed by atoms with Crippen molar-refractivity contribution in [2.75, 3.05) is 20.1 Å².